The molecule has 2 heterocycles. The lowest BCUT2D eigenvalue weighted by molar-refractivity contribution is -0.274. The van der Waals surface area contributed by atoms with Gasteiger partial charge >= 0.3 is 6.36 Å². The minimum absolute atomic E-state index is 0.0148. The predicted molar refractivity (Wildman–Crippen MR) is 135 cm³/mol. The topological polar surface area (TPSA) is 84.3 Å². The number of hydrogen-bond donors (Lipinski definition) is 3. The van der Waals surface area contributed by atoms with E-state index in [1.165, 1.54) is 23.3 Å². The molecule has 3 atom stereocenters. The van der Waals surface area contributed by atoms with E-state index in [-0.39, 0.29) is 35.0 Å². The lowest BCUT2D eigenvalue weighted by Gasteiger charge is -2.43. The largest absolute Gasteiger partial charge is 0.573 e. The van der Waals surface area contributed by atoms with Crippen molar-refractivity contribution in [2.24, 2.45) is 11.7 Å². The minimum Gasteiger partial charge on any atom is -0.459 e. The van der Waals surface area contributed by atoms with Crippen LogP contribution in [0.3, 0.4) is 0 Å². The lowest BCUT2D eigenvalue weighted by atomic mass is 9.66. The summed E-state index contributed by atoms with van der Waals surface area (Å²) in [5.74, 6) is 0.847. The van der Waals surface area contributed by atoms with Crippen molar-refractivity contribution < 1.29 is 22.3 Å². The molecule has 4 aromatic rings. The van der Waals surface area contributed by atoms with E-state index in [9.17, 15) is 13.2 Å². The van der Waals surface area contributed by atoms with Crippen LogP contribution in [-0.4, -0.2) is 12.2 Å². The van der Waals surface area contributed by atoms with Crippen LogP contribution in [0.5, 0.6) is 5.75 Å². The van der Waals surface area contributed by atoms with Crippen LogP contribution in [0.15, 0.2) is 83.3 Å². The smallest absolute Gasteiger partial charge is 0.459 e. The number of para-hydroxylation sites is 1. The number of anilines is 1. The van der Waals surface area contributed by atoms with Crippen molar-refractivity contribution in [2.45, 2.75) is 31.2 Å². The highest BCUT2D eigenvalue weighted by Gasteiger charge is 2.42. The van der Waals surface area contributed by atoms with Crippen molar-refractivity contribution in [1.29, 1.82) is 5.41 Å². The van der Waals surface area contributed by atoms with E-state index in [0.717, 1.165) is 24.1 Å². The number of furan rings is 1. The van der Waals surface area contributed by atoms with Gasteiger partial charge in [-0.1, -0.05) is 36.4 Å². The normalized spacial score (nSPS) is 20.2. The van der Waals surface area contributed by atoms with Crippen LogP contribution in [0.25, 0.3) is 11.3 Å². The molecule has 0 spiro atoms. The van der Waals surface area contributed by atoms with Crippen LogP contribution in [-0.2, 0) is 6.42 Å². The number of benzene rings is 3. The Balaban J connectivity index is 1.42. The summed E-state index contributed by atoms with van der Waals surface area (Å²) >= 11 is 0. The number of rotatable bonds is 4. The molecule has 0 amide bonds. The van der Waals surface area contributed by atoms with E-state index in [1.807, 2.05) is 36.4 Å². The second-order valence-corrected chi connectivity index (χ2v) is 9.46. The van der Waals surface area contributed by atoms with Gasteiger partial charge in [-0.15, -0.1) is 13.2 Å². The standard InChI is InChI=1S/C29H24F3N3O2/c30-29(31,32)37-24-8-4-3-7-19(24)23-13-14-25(36-23)27-20-11-9-16-5-1-2-6-18(16)26(20)21-15-17(28(33)34)10-12-22(21)35-27/h1-8,10,12-15,20,26-27,35H,9,11H2,(H3,33,34). The Morgan fingerprint density at radius 3 is 2.57 bits per heavy atom. The molecule has 5 nitrogen and oxygen atoms in total. The molecule has 0 saturated heterocycles. The van der Waals surface area contributed by atoms with Crippen molar-refractivity contribution in [1.82, 2.24) is 0 Å². The average Bonchev–Trinajstić information content (AvgIpc) is 3.36. The molecule has 8 heteroatoms. The lowest BCUT2D eigenvalue weighted by Crippen LogP contribution is -2.35. The first-order valence-corrected chi connectivity index (χ1v) is 12.1. The first-order valence-electron chi connectivity index (χ1n) is 12.1. The van der Waals surface area contributed by atoms with Gasteiger partial charge < -0.3 is 20.2 Å². The molecule has 4 N–H and O–H groups in total. The first kappa shape index (κ1) is 23.2. The van der Waals surface area contributed by atoms with Crippen LogP contribution in [0.2, 0.25) is 0 Å². The molecule has 0 fully saturated rings. The molecular formula is C29H24F3N3O2. The number of aryl methyl sites for hydroxylation is 1. The van der Waals surface area contributed by atoms with Gasteiger partial charge in [-0.05, 0) is 77.9 Å². The third kappa shape index (κ3) is 4.22. The monoisotopic (exact) mass is 503 g/mol. The van der Waals surface area contributed by atoms with Gasteiger partial charge in [0.25, 0.3) is 0 Å². The van der Waals surface area contributed by atoms with Crippen LogP contribution in [0.4, 0.5) is 18.9 Å². The highest BCUT2D eigenvalue weighted by molar-refractivity contribution is 5.95. The fourth-order valence-corrected chi connectivity index (χ4v) is 5.77. The number of halogens is 3. The Hall–Kier alpha value is -4.20. The summed E-state index contributed by atoms with van der Waals surface area (Å²) in [4.78, 5) is 0. The summed E-state index contributed by atoms with van der Waals surface area (Å²) in [5, 5.41) is 11.5. The summed E-state index contributed by atoms with van der Waals surface area (Å²) in [7, 11) is 0. The summed E-state index contributed by atoms with van der Waals surface area (Å²) in [6, 6.07) is 23.4. The quantitative estimate of drug-likeness (QED) is 0.207. The van der Waals surface area contributed by atoms with Crippen molar-refractivity contribution >= 4 is 11.5 Å². The summed E-state index contributed by atoms with van der Waals surface area (Å²) < 4.78 is 49.4. The van der Waals surface area contributed by atoms with Gasteiger partial charge in [0, 0.05) is 17.2 Å². The van der Waals surface area contributed by atoms with Crippen molar-refractivity contribution in [3.63, 3.8) is 0 Å². The number of nitrogens with one attached hydrogen (secondary N) is 2. The molecule has 0 bridgehead atoms. The third-order valence-corrected chi connectivity index (χ3v) is 7.31. The fourth-order valence-electron chi connectivity index (χ4n) is 5.77. The summed E-state index contributed by atoms with van der Waals surface area (Å²) in [5.41, 5.74) is 11.2. The molecule has 1 aliphatic heterocycles. The second-order valence-electron chi connectivity index (χ2n) is 9.46. The van der Waals surface area contributed by atoms with Crippen molar-refractivity contribution in [3.8, 4) is 17.1 Å². The maximum atomic E-state index is 13.0. The Kier molecular flexibility index (Phi) is 5.47. The van der Waals surface area contributed by atoms with Gasteiger partial charge in [0.1, 0.15) is 23.1 Å². The number of ether oxygens (including phenoxy) is 1. The molecular weight excluding hydrogens is 479 g/mol. The molecule has 0 radical (unpaired) electrons. The predicted octanol–water partition coefficient (Wildman–Crippen LogP) is 6.99. The number of hydrogen-bond acceptors (Lipinski definition) is 4. The molecule has 1 aromatic heterocycles. The third-order valence-electron chi connectivity index (χ3n) is 7.31. The molecule has 37 heavy (non-hydrogen) atoms. The van der Waals surface area contributed by atoms with E-state index >= 15 is 0 Å². The average molecular weight is 504 g/mol. The van der Waals surface area contributed by atoms with Gasteiger partial charge in [0.05, 0.1) is 11.6 Å². The highest BCUT2D eigenvalue weighted by Crippen LogP contribution is 2.53. The zero-order chi connectivity index (χ0) is 25.7. The molecule has 2 aliphatic rings. The van der Waals surface area contributed by atoms with Gasteiger partial charge in [-0.3, -0.25) is 5.41 Å². The van der Waals surface area contributed by atoms with Crippen molar-refractivity contribution in [2.75, 3.05) is 5.32 Å². The number of nitrogens with two attached hydrogens (primary N) is 1. The van der Waals surface area contributed by atoms with E-state index < -0.39 is 6.36 Å². The van der Waals surface area contributed by atoms with Crippen LogP contribution < -0.4 is 15.8 Å². The number of alkyl halides is 3. The van der Waals surface area contributed by atoms with E-state index in [0.29, 0.717) is 17.1 Å². The van der Waals surface area contributed by atoms with Gasteiger partial charge in [-0.25, -0.2) is 0 Å². The van der Waals surface area contributed by atoms with Gasteiger partial charge in [0.15, 0.2) is 0 Å². The molecule has 188 valence electrons. The van der Waals surface area contributed by atoms with Gasteiger partial charge in [0.2, 0.25) is 0 Å². The Morgan fingerprint density at radius 2 is 1.76 bits per heavy atom. The molecule has 1 aliphatic carbocycles. The number of nitrogen functional groups attached to an aromatic ring is 1. The van der Waals surface area contributed by atoms with Crippen LogP contribution >= 0.6 is 0 Å². The number of fused-ring (bicyclic) bond motifs is 5. The molecule has 6 rings (SSSR count). The Bertz CT molecular complexity index is 1490. The Morgan fingerprint density at radius 1 is 0.973 bits per heavy atom. The van der Waals surface area contributed by atoms with Gasteiger partial charge in [-0.2, -0.15) is 0 Å². The SMILES string of the molecule is N=C(N)c1ccc2c(c1)C1c3ccccc3CCC1C(c1ccc(-c3ccccc3OC(F)(F)F)o1)N2. The van der Waals surface area contributed by atoms with Crippen LogP contribution in [0.1, 0.15) is 46.4 Å². The van der Waals surface area contributed by atoms with Crippen LogP contribution in [0, 0.1) is 11.3 Å². The first-order chi connectivity index (χ1) is 17.8. The second kappa shape index (κ2) is 8.73. The van der Waals surface area contributed by atoms with E-state index in [2.05, 4.69) is 22.2 Å². The zero-order valence-corrected chi connectivity index (χ0v) is 19.7. The maximum Gasteiger partial charge on any atom is 0.573 e. The van der Waals surface area contributed by atoms with E-state index in [1.54, 1.807) is 18.2 Å². The molecule has 3 unspecified atom stereocenters. The van der Waals surface area contributed by atoms with Crippen molar-refractivity contribution in [3.05, 3.63) is 107 Å². The number of amidine groups is 1. The maximum absolute atomic E-state index is 13.0. The highest BCUT2D eigenvalue weighted by atomic mass is 19.4. The summed E-state index contributed by atoms with van der Waals surface area (Å²) in [6.45, 7) is 0. The molecule has 0 saturated carbocycles. The fraction of sp³-hybridized carbons (Fsp3) is 0.207. The summed E-state index contributed by atoms with van der Waals surface area (Å²) in [6.07, 6.45) is -3.00. The zero-order valence-electron chi connectivity index (χ0n) is 19.7. The molecule has 3 aromatic carbocycles. The Labute approximate surface area is 211 Å². The minimum atomic E-state index is -4.80. The van der Waals surface area contributed by atoms with E-state index in [4.69, 9.17) is 15.6 Å².